The van der Waals surface area contributed by atoms with E-state index in [9.17, 15) is 20.0 Å². The third-order valence-corrected chi connectivity index (χ3v) is 3.92. The Hall–Kier alpha value is -2.41. The van der Waals surface area contributed by atoms with Gasteiger partial charge < -0.3 is 15.4 Å². The molecule has 0 radical (unpaired) electrons. The molecule has 0 fully saturated rings. The van der Waals surface area contributed by atoms with E-state index in [2.05, 4.69) is 10.3 Å². The second kappa shape index (κ2) is 7.00. The predicted octanol–water partition coefficient (Wildman–Crippen LogP) is 2.53. The number of aliphatic hydroxyl groups is 1. The second-order valence-corrected chi connectivity index (χ2v) is 6.97. The highest BCUT2D eigenvalue weighted by Gasteiger charge is 2.21. The molecule has 1 heterocycles. The number of hydrogen-bond acceptors (Lipinski definition) is 4. The second-order valence-electron chi connectivity index (χ2n) is 6.97. The molecule has 1 aromatic heterocycles. The van der Waals surface area contributed by atoms with Crippen LogP contribution in [-0.4, -0.2) is 33.6 Å². The maximum atomic E-state index is 12.2. The van der Waals surface area contributed by atoms with Crippen LogP contribution < -0.4 is 5.32 Å². The van der Waals surface area contributed by atoms with Crippen molar-refractivity contribution in [3.63, 3.8) is 0 Å². The van der Waals surface area contributed by atoms with Crippen LogP contribution in [0.25, 0.3) is 10.9 Å². The number of nitro groups is 1. The number of aromatic amines is 1. The Morgan fingerprint density at radius 2 is 2.17 bits per heavy atom. The Morgan fingerprint density at radius 3 is 2.79 bits per heavy atom. The lowest BCUT2D eigenvalue weighted by molar-refractivity contribution is -0.384. The molecule has 0 saturated heterocycles. The number of carbonyl (C=O) groups is 1. The largest absolute Gasteiger partial charge is 0.393 e. The summed E-state index contributed by atoms with van der Waals surface area (Å²) < 4.78 is 0. The molecule has 7 nitrogen and oxygen atoms in total. The zero-order chi connectivity index (χ0) is 17.9. The third kappa shape index (κ3) is 4.55. The van der Waals surface area contributed by atoms with E-state index in [-0.39, 0.29) is 23.4 Å². The lowest BCUT2D eigenvalue weighted by Crippen LogP contribution is -2.36. The Bertz CT molecular complexity index is 749. The lowest BCUT2D eigenvalue weighted by Gasteiger charge is -2.26. The lowest BCUT2D eigenvalue weighted by atomic mass is 9.87. The van der Waals surface area contributed by atoms with Gasteiger partial charge in [-0.05, 0) is 30.4 Å². The van der Waals surface area contributed by atoms with Crippen molar-refractivity contribution in [3.8, 4) is 0 Å². The first-order valence-corrected chi connectivity index (χ1v) is 7.87. The number of hydrogen-bond donors (Lipinski definition) is 3. The number of nitrogens with one attached hydrogen (secondary N) is 2. The van der Waals surface area contributed by atoms with E-state index >= 15 is 0 Å². The number of nitrogens with zero attached hydrogens (tertiary/aromatic N) is 1. The van der Waals surface area contributed by atoms with E-state index in [4.69, 9.17) is 0 Å². The SMILES string of the molecule is CC(O)CC(C)(C)CNC(=O)Cc1c[nH]c2ccc([N+](=O)[O-])cc12. The first kappa shape index (κ1) is 17.9. The molecule has 0 aliphatic heterocycles. The Kier molecular flexibility index (Phi) is 5.23. The molecule has 2 rings (SSSR count). The van der Waals surface area contributed by atoms with Crippen molar-refractivity contribution in [1.82, 2.24) is 10.3 Å². The summed E-state index contributed by atoms with van der Waals surface area (Å²) in [5.41, 5.74) is 1.28. The maximum absolute atomic E-state index is 12.2. The number of non-ortho nitro benzene ring substituents is 1. The van der Waals surface area contributed by atoms with Crippen LogP contribution in [0.15, 0.2) is 24.4 Å². The summed E-state index contributed by atoms with van der Waals surface area (Å²) in [6.45, 7) is 6.14. The van der Waals surface area contributed by atoms with Crippen molar-refractivity contribution in [2.24, 2.45) is 5.41 Å². The standard InChI is InChI=1S/C17H23N3O4/c1-11(21)8-17(2,3)10-19-16(22)6-12-9-18-15-5-4-13(20(23)24)7-14(12)15/h4-5,7,9,11,18,21H,6,8,10H2,1-3H3,(H,19,22). The van der Waals surface area contributed by atoms with Gasteiger partial charge in [0.25, 0.3) is 5.69 Å². The van der Waals surface area contributed by atoms with Crippen molar-refractivity contribution < 1.29 is 14.8 Å². The highest BCUT2D eigenvalue weighted by Crippen LogP contribution is 2.24. The summed E-state index contributed by atoms with van der Waals surface area (Å²) in [5.74, 6) is -0.152. The number of carbonyl (C=O) groups excluding carboxylic acids is 1. The molecule has 1 amide bonds. The highest BCUT2D eigenvalue weighted by atomic mass is 16.6. The topological polar surface area (TPSA) is 108 Å². The van der Waals surface area contributed by atoms with Crippen molar-refractivity contribution in [2.75, 3.05) is 6.54 Å². The normalized spacial score (nSPS) is 13.0. The number of aliphatic hydroxyl groups excluding tert-OH is 1. The number of fused-ring (bicyclic) bond motifs is 1. The van der Waals surface area contributed by atoms with E-state index in [1.54, 1.807) is 19.2 Å². The molecular weight excluding hydrogens is 310 g/mol. The van der Waals surface area contributed by atoms with Gasteiger partial charge in [-0.15, -0.1) is 0 Å². The monoisotopic (exact) mass is 333 g/mol. The zero-order valence-corrected chi connectivity index (χ0v) is 14.1. The Morgan fingerprint density at radius 1 is 1.46 bits per heavy atom. The predicted molar refractivity (Wildman–Crippen MR) is 91.7 cm³/mol. The number of amides is 1. The van der Waals surface area contributed by atoms with Gasteiger partial charge in [0.15, 0.2) is 0 Å². The fourth-order valence-corrected chi connectivity index (χ4v) is 2.87. The summed E-state index contributed by atoms with van der Waals surface area (Å²) in [6.07, 6.45) is 2.01. The van der Waals surface area contributed by atoms with Gasteiger partial charge in [0.05, 0.1) is 17.4 Å². The van der Waals surface area contributed by atoms with Gasteiger partial charge in [0, 0.05) is 35.8 Å². The van der Waals surface area contributed by atoms with Gasteiger partial charge in [0.2, 0.25) is 5.91 Å². The van der Waals surface area contributed by atoms with Crippen LogP contribution in [0, 0.1) is 15.5 Å². The summed E-state index contributed by atoms with van der Waals surface area (Å²) in [5, 5.41) is 23.9. The molecule has 1 atom stereocenters. The van der Waals surface area contributed by atoms with E-state index in [0.29, 0.717) is 18.4 Å². The highest BCUT2D eigenvalue weighted by molar-refractivity contribution is 5.90. The summed E-state index contributed by atoms with van der Waals surface area (Å²) >= 11 is 0. The van der Waals surface area contributed by atoms with Gasteiger partial charge in [-0.25, -0.2) is 0 Å². The molecule has 0 saturated carbocycles. The smallest absolute Gasteiger partial charge is 0.270 e. The molecular formula is C17H23N3O4. The minimum Gasteiger partial charge on any atom is -0.393 e. The van der Waals surface area contributed by atoms with Crippen LogP contribution in [-0.2, 0) is 11.2 Å². The number of nitro benzene ring substituents is 1. The molecule has 130 valence electrons. The first-order valence-electron chi connectivity index (χ1n) is 7.87. The van der Waals surface area contributed by atoms with E-state index in [1.807, 2.05) is 13.8 Å². The van der Waals surface area contributed by atoms with Crippen LogP contribution in [0.5, 0.6) is 0 Å². The van der Waals surface area contributed by atoms with E-state index < -0.39 is 11.0 Å². The quantitative estimate of drug-likeness (QED) is 0.534. The molecule has 7 heteroatoms. The first-order chi connectivity index (χ1) is 11.2. The molecule has 1 aromatic carbocycles. The van der Waals surface area contributed by atoms with Crippen LogP contribution in [0.4, 0.5) is 5.69 Å². The average molecular weight is 333 g/mol. The molecule has 24 heavy (non-hydrogen) atoms. The van der Waals surface area contributed by atoms with Gasteiger partial charge in [-0.2, -0.15) is 0 Å². The van der Waals surface area contributed by atoms with Gasteiger partial charge in [-0.3, -0.25) is 14.9 Å². The van der Waals surface area contributed by atoms with Gasteiger partial charge in [-0.1, -0.05) is 13.8 Å². The van der Waals surface area contributed by atoms with Crippen molar-refractivity contribution in [3.05, 3.63) is 40.1 Å². The molecule has 0 aliphatic rings. The average Bonchev–Trinajstić information content (AvgIpc) is 2.86. The Labute approximate surface area is 140 Å². The summed E-state index contributed by atoms with van der Waals surface area (Å²) in [4.78, 5) is 25.7. The van der Waals surface area contributed by atoms with Crippen molar-refractivity contribution in [1.29, 1.82) is 0 Å². The van der Waals surface area contributed by atoms with Gasteiger partial charge >= 0.3 is 0 Å². The molecule has 0 bridgehead atoms. The molecule has 1 unspecified atom stereocenters. The number of benzene rings is 1. The molecule has 2 aromatic rings. The number of rotatable bonds is 7. The maximum Gasteiger partial charge on any atom is 0.270 e. The third-order valence-electron chi connectivity index (χ3n) is 3.92. The van der Waals surface area contributed by atoms with Crippen molar-refractivity contribution >= 4 is 22.5 Å². The van der Waals surface area contributed by atoms with E-state index in [1.165, 1.54) is 12.1 Å². The molecule has 3 N–H and O–H groups in total. The number of H-pyrrole nitrogens is 1. The molecule has 0 spiro atoms. The van der Waals surface area contributed by atoms with Crippen LogP contribution in [0.3, 0.4) is 0 Å². The summed E-state index contributed by atoms with van der Waals surface area (Å²) in [7, 11) is 0. The van der Waals surface area contributed by atoms with Crippen LogP contribution in [0.2, 0.25) is 0 Å². The zero-order valence-electron chi connectivity index (χ0n) is 14.1. The minimum atomic E-state index is -0.450. The van der Waals surface area contributed by atoms with Crippen LogP contribution >= 0.6 is 0 Å². The Balaban J connectivity index is 2.05. The van der Waals surface area contributed by atoms with Gasteiger partial charge in [0.1, 0.15) is 0 Å². The van der Waals surface area contributed by atoms with Crippen molar-refractivity contribution in [2.45, 2.75) is 39.7 Å². The summed E-state index contributed by atoms with van der Waals surface area (Å²) in [6, 6.07) is 4.55. The number of aromatic nitrogens is 1. The fourth-order valence-electron chi connectivity index (χ4n) is 2.87. The fraction of sp³-hybridized carbons (Fsp3) is 0.471. The minimum absolute atomic E-state index is 0.00169. The van der Waals surface area contributed by atoms with E-state index in [0.717, 1.165) is 11.1 Å². The van der Waals surface area contributed by atoms with Crippen LogP contribution in [0.1, 0.15) is 32.8 Å². The molecule has 0 aliphatic carbocycles.